The highest BCUT2D eigenvalue weighted by molar-refractivity contribution is 7.81. The van der Waals surface area contributed by atoms with Crippen molar-refractivity contribution in [3.05, 3.63) is 0 Å². The van der Waals surface area contributed by atoms with Crippen LogP contribution in [-0.4, -0.2) is 28.8 Å². The summed E-state index contributed by atoms with van der Waals surface area (Å²) in [5.41, 5.74) is 0.360. The first kappa shape index (κ1) is 10.3. The minimum atomic E-state index is 0. The van der Waals surface area contributed by atoms with Crippen molar-refractivity contribution in [1.29, 1.82) is 0 Å². The summed E-state index contributed by atoms with van der Waals surface area (Å²) in [5, 5.41) is 0.629. The molecule has 0 unspecified atom stereocenters. The molecule has 0 amide bonds. The molecule has 0 atom stereocenters. The zero-order valence-electron chi connectivity index (χ0n) is 6.39. The van der Waals surface area contributed by atoms with E-state index in [1.165, 1.54) is 0 Å². The molecule has 0 aromatic heterocycles. The highest BCUT2D eigenvalue weighted by Gasteiger charge is 2.31. The Labute approximate surface area is 70.2 Å². The third-order valence-corrected chi connectivity index (χ3v) is 2.14. The van der Waals surface area contributed by atoms with E-state index in [4.69, 9.17) is 0 Å². The number of nitrogens with zero attached hydrogens (tertiary/aromatic N) is 1. The number of hydrogen-bond acceptors (Lipinski definition) is 2. The fourth-order valence-electron chi connectivity index (χ4n) is 1.00. The first-order valence-electron chi connectivity index (χ1n) is 3.43. The van der Waals surface area contributed by atoms with E-state index >= 15 is 0 Å². The molecule has 2 heteroatoms. The Hall–Kier alpha value is 0.310. The second-order valence-electron chi connectivity index (χ2n) is 3.73. The second-order valence-corrected chi connectivity index (χ2v) is 4.46. The fraction of sp³-hybridized carbons (Fsp3) is 1.00. The molecule has 0 bridgehead atoms. The van der Waals surface area contributed by atoms with E-state index in [1.807, 2.05) is 0 Å². The standard InChI is InChI=1S/C7H15NS.CH4/c1-7(2,3)8-4-6(9)5-8;/h6,9H,4-5H2,1-3H3;1H4. The fourth-order valence-corrected chi connectivity index (χ4v) is 1.40. The zero-order valence-corrected chi connectivity index (χ0v) is 7.28. The first-order chi connectivity index (χ1) is 4.00. The molecule has 0 aliphatic carbocycles. The van der Waals surface area contributed by atoms with Crippen LogP contribution in [0.5, 0.6) is 0 Å². The minimum Gasteiger partial charge on any atom is -0.296 e. The van der Waals surface area contributed by atoms with Gasteiger partial charge in [-0.3, -0.25) is 4.90 Å². The van der Waals surface area contributed by atoms with Gasteiger partial charge in [-0.15, -0.1) is 0 Å². The SMILES string of the molecule is C.CC(C)(C)N1CC(S)C1. The lowest BCUT2D eigenvalue weighted by Gasteiger charge is -2.45. The summed E-state index contributed by atoms with van der Waals surface area (Å²) in [5.74, 6) is 0. The summed E-state index contributed by atoms with van der Waals surface area (Å²) < 4.78 is 0. The van der Waals surface area contributed by atoms with E-state index in [9.17, 15) is 0 Å². The van der Waals surface area contributed by atoms with Crippen LogP contribution in [0.15, 0.2) is 0 Å². The summed E-state index contributed by atoms with van der Waals surface area (Å²) in [6, 6.07) is 0. The van der Waals surface area contributed by atoms with Crippen molar-refractivity contribution in [3.8, 4) is 0 Å². The van der Waals surface area contributed by atoms with Crippen molar-refractivity contribution in [1.82, 2.24) is 4.90 Å². The molecule has 0 spiro atoms. The van der Waals surface area contributed by atoms with Crippen LogP contribution in [0.3, 0.4) is 0 Å². The van der Waals surface area contributed by atoms with Gasteiger partial charge in [0, 0.05) is 23.9 Å². The minimum absolute atomic E-state index is 0. The molecule has 0 radical (unpaired) electrons. The van der Waals surface area contributed by atoms with Gasteiger partial charge >= 0.3 is 0 Å². The molecular weight excluding hydrogens is 142 g/mol. The van der Waals surface area contributed by atoms with E-state index in [0.717, 1.165) is 13.1 Å². The monoisotopic (exact) mass is 161 g/mol. The molecule has 0 saturated carbocycles. The van der Waals surface area contributed by atoms with Crippen molar-refractivity contribution in [2.24, 2.45) is 0 Å². The summed E-state index contributed by atoms with van der Waals surface area (Å²) >= 11 is 4.33. The lowest BCUT2D eigenvalue weighted by atomic mass is 10.0. The number of thiol groups is 1. The van der Waals surface area contributed by atoms with Crippen LogP contribution in [0.1, 0.15) is 28.2 Å². The highest BCUT2D eigenvalue weighted by atomic mass is 32.1. The van der Waals surface area contributed by atoms with E-state index < -0.39 is 0 Å². The quantitative estimate of drug-likeness (QED) is 0.532. The van der Waals surface area contributed by atoms with E-state index in [1.54, 1.807) is 0 Å². The van der Waals surface area contributed by atoms with E-state index in [-0.39, 0.29) is 7.43 Å². The maximum absolute atomic E-state index is 4.33. The molecule has 0 N–H and O–H groups in total. The van der Waals surface area contributed by atoms with Crippen LogP contribution in [0.25, 0.3) is 0 Å². The molecule has 1 rings (SSSR count). The number of rotatable bonds is 0. The second kappa shape index (κ2) is 3.14. The molecule has 1 heterocycles. The molecule has 62 valence electrons. The normalized spacial score (nSPS) is 21.6. The van der Waals surface area contributed by atoms with Crippen molar-refractivity contribution >= 4 is 12.6 Å². The van der Waals surface area contributed by atoms with Crippen LogP contribution in [0.4, 0.5) is 0 Å². The Morgan fingerprint density at radius 1 is 1.30 bits per heavy atom. The smallest absolute Gasteiger partial charge is 0.0272 e. The van der Waals surface area contributed by atoms with Gasteiger partial charge in [0.1, 0.15) is 0 Å². The molecular formula is C8H19NS. The molecule has 0 aromatic rings. The molecule has 1 saturated heterocycles. The van der Waals surface area contributed by atoms with Crippen molar-refractivity contribution in [3.63, 3.8) is 0 Å². The Balaban J connectivity index is 0.000000810. The van der Waals surface area contributed by atoms with Crippen LogP contribution in [0, 0.1) is 0 Å². The predicted molar refractivity (Wildman–Crippen MR) is 50.8 cm³/mol. The van der Waals surface area contributed by atoms with Gasteiger partial charge in [0.05, 0.1) is 0 Å². The van der Waals surface area contributed by atoms with Gasteiger partial charge in [-0.05, 0) is 20.8 Å². The molecule has 1 aliphatic heterocycles. The van der Waals surface area contributed by atoms with Gasteiger partial charge < -0.3 is 0 Å². The Morgan fingerprint density at radius 2 is 1.70 bits per heavy atom. The Morgan fingerprint density at radius 3 is 1.80 bits per heavy atom. The Bertz CT molecular complexity index is 100. The van der Waals surface area contributed by atoms with Gasteiger partial charge in [0.25, 0.3) is 0 Å². The molecule has 10 heavy (non-hydrogen) atoms. The van der Waals surface area contributed by atoms with Gasteiger partial charge in [-0.2, -0.15) is 12.6 Å². The average molecular weight is 161 g/mol. The van der Waals surface area contributed by atoms with Crippen LogP contribution < -0.4 is 0 Å². The van der Waals surface area contributed by atoms with Crippen molar-refractivity contribution in [2.75, 3.05) is 13.1 Å². The maximum Gasteiger partial charge on any atom is 0.0272 e. The van der Waals surface area contributed by atoms with E-state index in [2.05, 4.69) is 38.3 Å². The first-order valence-corrected chi connectivity index (χ1v) is 3.95. The van der Waals surface area contributed by atoms with Gasteiger partial charge in [-0.25, -0.2) is 0 Å². The summed E-state index contributed by atoms with van der Waals surface area (Å²) in [4.78, 5) is 2.44. The molecule has 1 fully saturated rings. The maximum atomic E-state index is 4.33. The van der Waals surface area contributed by atoms with Crippen molar-refractivity contribution < 1.29 is 0 Å². The zero-order chi connectivity index (χ0) is 7.07. The molecule has 0 aromatic carbocycles. The number of hydrogen-bond donors (Lipinski definition) is 1. The van der Waals surface area contributed by atoms with Crippen LogP contribution in [0.2, 0.25) is 0 Å². The third kappa shape index (κ3) is 2.17. The van der Waals surface area contributed by atoms with E-state index in [0.29, 0.717) is 10.8 Å². The predicted octanol–water partition coefficient (Wildman–Crippen LogP) is 2.04. The third-order valence-electron chi connectivity index (χ3n) is 1.81. The molecule has 1 nitrogen and oxygen atoms in total. The highest BCUT2D eigenvalue weighted by Crippen LogP contribution is 2.23. The summed E-state index contributed by atoms with van der Waals surface area (Å²) in [7, 11) is 0. The van der Waals surface area contributed by atoms with Crippen LogP contribution >= 0.6 is 12.6 Å². The largest absolute Gasteiger partial charge is 0.296 e. The van der Waals surface area contributed by atoms with Gasteiger partial charge in [0.2, 0.25) is 0 Å². The summed E-state index contributed by atoms with van der Waals surface area (Å²) in [6.45, 7) is 9.05. The van der Waals surface area contributed by atoms with Crippen molar-refractivity contribution in [2.45, 2.75) is 39.0 Å². The van der Waals surface area contributed by atoms with Gasteiger partial charge in [0.15, 0.2) is 0 Å². The summed E-state index contributed by atoms with van der Waals surface area (Å²) in [6.07, 6.45) is 0. The molecule has 1 aliphatic rings. The van der Waals surface area contributed by atoms with Crippen LogP contribution in [-0.2, 0) is 0 Å². The topological polar surface area (TPSA) is 3.24 Å². The Kier molecular flexibility index (Phi) is 3.24. The van der Waals surface area contributed by atoms with Gasteiger partial charge in [-0.1, -0.05) is 7.43 Å². The average Bonchev–Trinajstić information content (AvgIpc) is 1.55. The lowest BCUT2D eigenvalue weighted by molar-refractivity contribution is 0.0760. The lowest BCUT2D eigenvalue weighted by Crippen LogP contribution is -2.56. The number of likely N-dealkylation sites (tertiary alicyclic amines) is 1.